The lowest BCUT2D eigenvalue weighted by molar-refractivity contribution is -0.125. The number of carbonyl (C=O) groups is 1. The van der Waals surface area contributed by atoms with E-state index in [-0.39, 0.29) is 11.8 Å². The maximum Gasteiger partial charge on any atom is 0.223 e. The molecule has 3 aromatic rings. The standard InChI is InChI=1S/C25H28N4O/c30-25(27-16-7-10-20-8-3-1-4-9-20)22-14-18-29(19-15-22)23-13-17-26-24(28-23)21-11-5-2-6-12-21/h1-6,8-9,11-13,17,22H,7,10,14-16,18-19H2,(H,27,30). The van der Waals surface area contributed by atoms with Crippen molar-refractivity contribution in [1.82, 2.24) is 15.3 Å². The van der Waals surface area contributed by atoms with E-state index >= 15 is 0 Å². The van der Waals surface area contributed by atoms with Crippen molar-refractivity contribution in [2.75, 3.05) is 24.5 Å². The Kier molecular flexibility index (Phi) is 6.70. The first-order chi connectivity index (χ1) is 14.8. The Morgan fingerprint density at radius 3 is 2.40 bits per heavy atom. The molecule has 2 aromatic carbocycles. The number of hydrogen-bond acceptors (Lipinski definition) is 4. The number of carbonyl (C=O) groups excluding carboxylic acids is 1. The maximum absolute atomic E-state index is 12.5. The molecule has 0 spiro atoms. The summed E-state index contributed by atoms with van der Waals surface area (Å²) in [6.07, 6.45) is 5.50. The third-order valence-corrected chi connectivity index (χ3v) is 5.65. The summed E-state index contributed by atoms with van der Waals surface area (Å²) < 4.78 is 0. The van der Waals surface area contributed by atoms with E-state index in [2.05, 4.69) is 39.5 Å². The van der Waals surface area contributed by atoms with Crippen LogP contribution in [0, 0.1) is 5.92 Å². The average Bonchev–Trinajstić information content (AvgIpc) is 2.83. The van der Waals surface area contributed by atoms with Gasteiger partial charge in [-0.15, -0.1) is 0 Å². The van der Waals surface area contributed by atoms with Gasteiger partial charge < -0.3 is 10.2 Å². The van der Waals surface area contributed by atoms with Crippen LogP contribution in [0.1, 0.15) is 24.8 Å². The summed E-state index contributed by atoms with van der Waals surface area (Å²) in [5.41, 5.74) is 2.34. The Labute approximate surface area is 178 Å². The molecule has 1 amide bonds. The molecule has 1 fully saturated rings. The lowest BCUT2D eigenvalue weighted by atomic mass is 9.96. The van der Waals surface area contributed by atoms with Crippen LogP contribution in [0.4, 0.5) is 5.82 Å². The summed E-state index contributed by atoms with van der Waals surface area (Å²) in [5.74, 6) is 1.96. The van der Waals surface area contributed by atoms with Gasteiger partial charge in [0.2, 0.25) is 5.91 Å². The van der Waals surface area contributed by atoms with Gasteiger partial charge in [0.1, 0.15) is 5.82 Å². The van der Waals surface area contributed by atoms with Crippen molar-refractivity contribution in [1.29, 1.82) is 0 Å². The minimum absolute atomic E-state index is 0.0911. The molecule has 0 bridgehead atoms. The molecular weight excluding hydrogens is 372 g/mol. The zero-order valence-corrected chi connectivity index (χ0v) is 17.2. The van der Waals surface area contributed by atoms with Crippen LogP contribution in [0.15, 0.2) is 72.9 Å². The molecule has 1 saturated heterocycles. The number of aryl methyl sites for hydroxylation is 1. The predicted molar refractivity (Wildman–Crippen MR) is 120 cm³/mol. The minimum Gasteiger partial charge on any atom is -0.356 e. The van der Waals surface area contributed by atoms with Crippen LogP contribution >= 0.6 is 0 Å². The number of hydrogen-bond donors (Lipinski definition) is 1. The summed E-state index contributed by atoms with van der Waals surface area (Å²) in [5, 5.41) is 3.12. The number of anilines is 1. The van der Waals surface area contributed by atoms with Crippen molar-refractivity contribution < 1.29 is 4.79 Å². The number of amides is 1. The van der Waals surface area contributed by atoms with Crippen molar-refractivity contribution in [3.8, 4) is 11.4 Å². The molecule has 5 nitrogen and oxygen atoms in total. The highest BCUT2D eigenvalue weighted by Crippen LogP contribution is 2.24. The van der Waals surface area contributed by atoms with Gasteiger partial charge in [-0.25, -0.2) is 9.97 Å². The van der Waals surface area contributed by atoms with E-state index in [1.165, 1.54) is 5.56 Å². The molecule has 5 heteroatoms. The van der Waals surface area contributed by atoms with Gasteiger partial charge in [-0.05, 0) is 37.3 Å². The van der Waals surface area contributed by atoms with Crippen LogP contribution in [-0.4, -0.2) is 35.5 Å². The Morgan fingerprint density at radius 1 is 0.967 bits per heavy atom. The van der Waals surface area contributed by atoms with Crippen molar-refractivity contribution in [3.63, 3.8) is 0 Å². The largest absolute Gasteiger partial charge is 0.356 e. The van der Waals surface area contributed by atoms with E-state index in [1.807, 2.05) is 48.7 Å². The van der Waals surface area contributed by atoms with Gasteiger partial charge in [-0.1, -0.05) is 60.7 Å². The molecule has 1 N–H and O–H groups in total. The number of rotatable bonds is 7. The van der Waals surface area contributed by atoms with E-state index in [1.54, 1.807) is 0 Å². The topological polar surface area (TPSA) is 58.1 Å². The first-order valence-corrected chi connectivity index (χ1v) is 10.7. The number of benzene rings is 2. The van der Waals surface area contributed by atoms with Gasteiger partial charge in [0.25, 0.3) is 0 Å². The number of nitrogens with one attached hydrogen (secondary N) is 1. The zero-order chi connectivity index (χ0) is 20.6. The van der Waals surface area contributed by atoms with Crippen LogP contribution < -0.4 is 10.2 Å². The molecule has 0 aliphatic carbocycles. The minimum atomic E-state index is 0.0911. The lowest BCUT2D eigenvalue weighted by Crippen LogP contribution is -2.41. The Bertz CT molecular complexity index is 938. The van der Waals surface area contributed by atoms with Crippen molar-refractivity contribution in [2.24, 2.45) is 5.92 Å². The fourth-order valence-corrected chi connectivity index (χ4v) is 3.92. The summed E-state index contributed by atoms with van der Waals surface area (Å²) in [6, 6.07) is 22.4. The van der Waals surface area contributed by atoms with Gasteiger partial charge in [-0.3, -0.25) is 4.79 Å². The third kappa shape index (κ3) is 5.23. The molecule has 0 radical (unpaired) electrons. The van der Waals surface area contributed by atoms with E-state index in [0.29, 0.717) is 0 Å². The summed E-state index contributed by atoms with van der Waals surface area (Å²) >= 11 is 0. The highest BCUT2D eigenvalue weighted by Gasteiger charge is 2.25. The smallest absolute Gasteiger partial charge is 0.223 e. The molecule has 0 unspecified atom stereocenters. The normalized spacial score (nSPS) is 14.5. The number of nitrogens with zero attached hydrogens (tertiary/aromatic N) is 3. The lowest BCUT2D eigenvalue weighted by Gasteiger charge is -2.32. The van der Waals surface area contributed by atoms with E-state index in [0.717, 1.165) is 62.5 Å². The third-order valence-electron chi connectivity index (χ3n) is 5.65. The second kappa shape index (κ2) is 10.0. The molecule has 1 aromatic heterocycles. The molecular formula is C25H28N4O. The highest BCUT2D eigenvalue weighted by molar-refractivity contribution is 5.79. The first-order valence-electron chi connectivity index (χ1n) is 10.7. The van der Waals surface area contributed by atoms with Crippen LogP contribution in [0.2, 0.25) is 0 Å². The molecule has 30 heavy (non-hydrogen) atoms. The van der Waals surface area contributed by atoms with Crippen LogP contribution in [0.3, 0.4) is 0 Å². The zero-order valence-electron chi connectivity index (χ0n) is 17.2. The summed E-state index contributed by atoms with van der Waals surface area (Å²) in [7, 11) is 0. The molecule has 4 rings (SSSR count). The first kappa shape index (κ1) is 20.1. The molecule has 1 aliphatic heterocycles. The quantitative estimate of drug-likeness (QED) is 0.607. The molecule has 2 heterocycles. The Balaban J connectivity index is 1.24. The van der Waals surface area contributed by atoms with Gasteiger partial charge >= 0.3 is 0 Å². The SMILES string of the molecule is O=C(NCCCc1ccccc1)C1CCN(c2ccnc(-c3ccccc3)n2)CC1. The fraction of sp³-hybridized carbons (Fsp3) is 0.320. The highest BCUT2D eigenvalue weighted by atomic mass is 16.1. The summed E-state index contributed by atoms with van der Waals surface area (Å²) in [6.45, 7) is 2.42. The predicted octanol–water partition coefficient (Wildman–Crippen LogP) is 4.11. The number of aromatic nitrogens is 2. The maximum atomic E-state index is 12.5. The van der Waals surface area contributed by atoms with Gasteiger partial charge in [-0.2, -0.15) is 0 Å². The van der Waals surface area contributed by atoms with Crippen molar-refractivity contribution in [3.05, 3.63) is 78.5 Å². The average molecular weight is 401 g/mol. The Hall–Kier alpha value is -3.21. The Morgan fingerprint density at radius 2 is 1.67 bits per heavy atom. The van der Waals surface area contributed by atoms with Gasteiger partial charge in [0.05, 0.1) is 0 Å². The van der Waals surface area contributed by atoms with Crippen molar-refractivity contribution in [2.45, 2.75) is 25.7 Å². The molecule has 0 atom stereocenters. The molecule has 154 valence electrons. The van der Waals surface area contributed by atoms with Gasteiger partial charge in [0.15, 0.2) is 5.82 Å². The second-order valence-corrected chi connectivity index (χ2v) is 7.75. The van der Waals surface area contributed by atoms with E-state index in [4.69, 9.17) is 4.98 Å². The van der Waals surface area contributed by atoms with Gasteiger partial charge in [0, 0.05) is 37.3 Å². The van der Waals surface area contributed by atoms with Crippen LogP contribution in [-0.2, 0) is 11.2 Å². The van der Waals surface area contributed by atoms with Crippen LogP contribution in [0.5, 0.6) is 0 Å². The number of piperidine rings is 1. The van der Waals surface area contributed by atoms with E-state index in [9.17, 15) is 4.79 Å². The molecule has 1 aliphatic rings. The monoisotopic (exact) mass is 400 g/mol. The van der Waals surface area contributed by atoms with E-state index < -0.39 is 0 Å². The van der Waals surface area contributed by atoms with Crippen molar-refractivity contribution >= 4 is 11.7 Å². The van der Waals surface area contributed by atoms with Crippen LogP contribution in [0.25, 0.3) is 11.4 Å². The molecule has 0 saturated carbocycles. The summed E-state index contributed by atoms with van der Waals surface area (Å²) in [4.78, 5) is 23.9. The fourth-order valence-electron chi connectivity index (χ4n) is 3.92. The second-order valence-electron chi connectivity index (χ2n) is 7.75.